The van der Waals surface area contributed by atoms with Gasteiger partial charge in [-0.1, -0.05) is 17.7 Å². The van der Waals surface area contributed by atoms with Crippen LogP contribution >= 0.6 is 11.6 Å². The number of hydrogen-bond acceptors (Lipinski definition) is 6. The summed E-state index contributed by atoms with van der Waals surface area (Å²) in [7, 11) is 1.47. The molecule has 1 aromatic heterocycles. The number of aromatic nitrogens is 1. The van der Waals surface area contributed by atoms with E-state index in [0.29, 0.717) is 16.4 Å². The Morgan fingerprint density at radius 1 is 1.24 bits per heavy atom. The summed E-state index contributed by atoms with van der Waals surface area (Å²) in [5, 5.41) is 3.12. The highest BCUT2D eigenvalue weighted by molar-refractivity contribution is 6.31. The lowest BCUT2D eigenvalue weighted by Crippen LogP contribution is -2.50. The lowest BCUT2D eigenvalue weighted by molar-refractivity contribution is -0.132. The molecule has 1 aromatic carbocycles. The fourth-order valence-electron chi connectivity index (χ4n) is 3.09. The second kappa shape index (κ2) is 8.90. The Morgan fingerprint density at radius 3 is 2.58 bits per heavy atom. The smallest absolute Gasteiger partial charge is 0.410 e. The van der Waals surface area contributed by atoms with Crippen molar-refractivity contribution in [3.05, 3.63) is 41.4 Å². The van der Waals surface area contributed by atoms with E-state index in [4.69, 9.17) is 21.1 Å². The van der Waals surface area contributed by atoms with Crippen LogP contribution in [0.4, 0.5) is 22.0 Å². The number of fused-ring (bicyclic) bond motifs is 1. The molecule has 0 fully saturated rings. The maximum absolute atomic E-state index is 13.1. The minimum Gasteiger partial charge on any atom is -0.460 e. The van der Waals surface area contributed by atoms with Gasteiger partial charge in [-0.3, -0.25) is 14.5 Å². The Bertz CT molecular complexity index is 1100. The third-order valence-electron chi connectivity index (χ3n) is 4.57. The van der Waals surface area contributed by atoms with Gasteiger partial charge < -0.3 is 19.7 Å². The number of hydrogen-bond donors (Lipinski definition) is 1. The van der Waals surface area contributed by atoms with Crippen molar-refractivity contribution in [1.82, 2.24) is 9.88 Å². The first-order valence-corrected chi connectivity index (χ1v) is 10.7. The standard InChI is InChI=1S/C23H27ClN4O5/c1-22(2,3)33-21(31)27(6)13-18(29)25-17-11-10-16-19(26-17)32-23(4,5)20(30)28(16)15-9-7-8-14(24)12-15/h7-12H,13H2,1-6H3,(H,25,26,29). The largest absolute Gasteiger partial charge is 0.460 e. The van der Waals surface area contributed by atoms with Gasteiger partial charge in [0.05, 0.1) is 5.69 Å². The molecule has 0 atom stereocenters. The van der Waals surface area contributed by atoms with Crippen molar-refractivity contribution in [2.45, 2.75) is 45.8 Å². The first kappa shape index (κ1) is 24.3. The van der Waals surface area contributed by atoms with Crippen LogP contribution in [0.1, 0.15) is 34.6 Å². The average Bonchev–Trinajstić information content (AvgIpc) is 2.67. The highest BCUT2D eigenvalue weighted by Crippen LogP contribution is 2.41. The van der Waals surface area contributed by atoms with Crippen molar-refractivity contribution in [2.24, 2.45) is 0 Å². The summed E-state index contributed by atoms with van der Waals surface area (Å²) in [6, 6.07) is 10.1. The molecule has 1 aliphatic rings. The molecule has 0 unspecified atom stereocenters. The molecule has 0 saturated heterocycles. The van der Waals surface area contributed by atoms with E-state index >= 15 is 0 Å². The maximum Gasteiger partial charge on any atom is 0.410 e. The monoisotopic (exact) mass is 474 g/mol. The number of carbonyl (C=O) groups is 3. The van der Waals surface area contributed by atoms with Gasteiger partial charge in [0, 0.05) is 12.1 Å². The van der Waals surface area contributed by atoms with Gasteiger partial charge >= 0.3 is 6.09 Å². The molecule has 0 aliphatic carbocycles. The van der Waals surface area contributed by atoms with E-state index in [1.807, 2.05) is 0 Å². The molecule has 3 amide bonds. The van der Waals surface area contributed by atoms with E-state index in [2.05, 4.69) is 10.3 Å². The number of amides is 3. The number of rotatable bonds is 4. The van der Waals surface area contributed by atoms with Crippen molar-refractivity contribution < 1.29 is 23.9 Å². The molecule has 176 valence electrons. The summed E-state index contributed by atoms with van der Waals surface area (Å²) in [4.78, 5) is 44.6. The van der Waals surface area contributed by atoms with E-state index in [0.717, 1.165) is 4.90 Å². The first-order valence-electron chi connectivity index (χ1n) is 10.3. The minimum absolute atomic E-state index is 0.179. The van der Waals surface area contributed by atoms with Gasteiger partial charge in [0.15, 0.2) is 5.60 Å². The minimum atomic E-state index is -1.19. The normalized spacial score (nSPS) is 14.8. The van der Waals surface area contributed by atoms with Crippen LogP contribution in [0.2, 0.25) is 5.02 Å². The highest BCUT2D eigenvalue weighted by Gasteiger charge is 2.42. The first-order chi connectivity index (χ1) is 15.3. The van der Waals surface area contributed by atoms with Crippen molar-refractivity contribution >= 4 is 46.7 Å². The summed E-state index contributed by atoms with van der Waals surface area (Å²) in [5.74, 6) is -0.353. The summed E-state index contributed by atoms with van der Waals surface area (Å²) < 4.78 is 11.1. The SMILES string of the molecule is CN(CC(=O)Nc1ccc2c(n1)OC(C)(C)C(=O)N2c1cccc(Cl)c1)C(=O)OC(C)(C)C. The molecule has 0 spiro atoms. The van der Waals surface area contributed by atoms with Crippen LogP contribution in [-0.4, -0.2) is 52.6 Å². The van der Waals surface area contributed by atoms with Crippen molar-refractivity contribution in [2.75, 3.05) is 23.8 Å². The van der Waals surface area contributed by atoms with Crippen LogP contribution < -0.4 is 15.0 Å². The Morgan fingerprint density at radius 2 is 1.94 bits per heavy atom. The third kappa shape index (κ3) is 5.73. The van der Waals surface area contributed by atoms with Gasteiger partial charge in [0.25, 0.3) is 5.91 Å². The number of nitrogens with zero attached hydrogens (tertiary/aromatic N) is 3. The molecule has 2 aromatic rings. The number of anilines is 3. The predicted molar refractivity (Wildman–Crippen MR) is 125 cm³/mol. The van der Waals surface area contributed by atoms with Gasteiger partial charge in [-0.2, -0.15) is 4.98 Å². The summed E-state index contributed by atoms with van der Waals surface area (Å²) in [6.07, 6.45) is -0.614. The molecular formula is C23H27ClN4O5. The van der Waals surface area contributed by atoms with Gasteiger partial charge in [-0.25, -0.2) is 4.79 Å². The summed E-state index contributed by atoms with van der Waals surface area (Å²) in [6.45, 7) is 8.28. The highest BCUT2D eigenvalue weighted by atomic mass is 35.5. The van der Waals surface area contributed by atoms with E-state index in [1.165, 1.54) is 11.9 Å². The van der Waals surface area contributed by atoms with E-state index in [9.17, 15) is 14.4 Å². The van der Waals surface area contributed by atoms with Gasteiger partial charge in [0.2, 0.25) is 11.8 Å². The topological polar surface area (TPSA) is 101 Å². The fraction of sp³-hybridized carbons (Fsp3) is 0.391. The Balaban J connectivity index is 1.81. The zero-order valence-corrected chi connectivity index (χ0v) is 20.2. The molecule has 0 saturated carbocycles. The van der Waals surface area contributed by atoms with Crippen LogP contribution in [0.3, 0.4) is 0 Å². The molecule has 1 N–H and O–H groups in total. The van der Waals surface area contributed by atoms with E-state index in [1.54, 1.807) is 71.0 Å². The fourth-order valence-corrected chi connectivity index (χ4v) is 3.27. The summed E-state index contributed by atoms with van der Waals surface area (Å²) >= 11 is 6.12. The number of pyridine rings is 1. The van der Waals surface area contributed by atoms with Gasteiger partial charge in [-0.15, -0.1) is 0 Å². The second-order valence-electron chi connectivity index (χ2n) is 9.14. The Hall–Kier alpha value is -3.33. The lowest BCUT2D eigenvalue weighted by Gasteiger charge is -2.38. The summed E-state index contributed by atoms with van der Waals surface area (Å²) in [5.41, 5.74) is -0.867. The van der Waals surface area contributed by atoms with Crippen LogP contribution in [0.5, 0.6) is 5.88 Å². The molecule has 2 heterocycles. The number of nitrogens with one attached hydrogen (secondary N) is 1. The number of halogens is 1. The quantitative estimate of drug-likeness (QED) is 0.705. The third-order valence-corrected chi connectivity index (χ3v) is 4.81. The number of benzene rings is 1. The lowest BCUT2D eigenvalue weighted by atomic mass is 10.0. The number of ether oxygens (including phenoxy) is 2. The molecule has 0 radical (unpaired) electrons. The van der Waals surface area contributed by atoms with E-state index < -0.39 is 23.2 Å². The zero-order valence-electron chi connectivity index (χ0n) is 19.4. The molecule has 3 rings (SSSR count). The maximum atomic E-state index is 13.1. The molecule has 0 bridgehead atoms. The Labute approximate surface area is 197 Å². The average molecular weight is 475 g/mol. The molecule has 9 nitrogen and oxygen atoms in total. The Kier molecular flexibility index (Phi) is 6.56. The van der Waals surface area contributed by atoms with Crippen LogP contribution in [0.15, 0.2) is 36.4 Å². The molecular weight excluding hydrogens is 448 g/mol. The van der Waals surface area contributed by atoms with Crippen LogP contribution in [0, 0.1) is 0 Å². The van der Waals surface area contributed by atoms with Crippen molar-refractivity contribution in [1.29, 1.82) is 0 Å². The molecule has 33 heavy (non-hydrogen) atoms. The van der Waals surface area contributed by atoms with E-state index in [-0.39, 0.29) is 24.1 Å². The van der Waals surface area contributed by atoms with Crippen LogP contribution in [0.25, 0.3) is 0 Å². The second-order valence-corrected chi connectivity index (χ2v) is 9.57. The predicted octanol–water partition coefficient (Wildman–Crippen LogP) is 4.38. The van der Waals surface area contributed by atoms with Gasteiger partial charge in [0.1, 0.15) is 23.7 Å². The number of likely N-dealkylation sites (N-methyl/N-ethyl adjacent to an activating group) is 1. The van der Waals surface area contributed by atoms with Crippen LogP contribution in [-0.2, 0) is 14.3 Å². The molecule has 10 heteroatoms. The zero-order chi connectivity index (χ0) is 24.6. The number of carbonyl (C=O) groups excluding carboxylic acids is 3. The van der Waals surface area contributed by atoms with Gasteiger partial charge in [-0.05, 0) is 65.0 Å². The van der Waals surface area contributed by atoms with Crippen molar-refractivity contribution in [3.8, 4) is 5.88 Å². The van der Waals surface area contributed by atoms with Crippen molar-refractivity contribution in [3.63, 3.8) is 0 Å². The molecule has 1 aliphatic heterocycles.